The number of nitrogens with two attached hydrogens (primary N) is 5. The van der Waals surface area contributed by atoms with E-state index in [0.717, 1.165) is 25.1 Å². The predicted octanol–water partition coefficient (Wildman–Crippen LogP) is -3.90. The molecule has 11 atom stereocenters. The summed E-state index contributed by atoms with van der Waals surface area (Å²) in [5, 5.41) is 39.4. The lowest BCUT2D eigenvalue weighted by atomic mass is 9.73. The molecule has 2 heterocycles. The summed E-state index contributed by atoms with van der Waals surface area (Å²) in [6.45, 7) is 2.85. The highest BCUT2D eigenvalue weighted by Crippen LogP contribution is 2.37. The second-order valence-electron chi connectivity index (χ2n) is 11.9. The number of nitrogens with zero attached hydrogens (tertiary/aromatic N) is 1. The van der Waals surface area contributed by atoms with Gasteiger partial charge in [0.05, 0.1) is 31.3 Å². The summed E-state index contributed by atoms with van der Waals surface area (Å²) < 4.78 is 18.1. The second kappa shape index (κ2) is 12.5. The highest BCUT2D eigenvalue weighted by atomic mass is 16.7. The Kier molecular flexibility index (Phi) is 9.74. The smallest absolute Gasteiger partial charge is 0.186 e. The van der Waals surface area contributed by atoms with Crippen LogP contribution in [0, 0.1) is 11.8 Å². The van der Waals surface area contributed by atoms with E-state index in [1.807, 2.05) is 6.08 Å². The van der Waals surface area contributed by atoms with Gasteiger partial charge in [0, 0.05) is 24.0 Å². The van der Waals surface area contributed by atoms with Crippen molar-refractivity contribution in [1.82, 2.24) is 10.6 Å². The van der Waals surface area contributed by atoms with E-state index in [1.165, 1.54) is 0 Å². The SMILES string of the molecule is CN[C@@H]1[C@@H](O)[C@@H](O[C@H]2[C@H](N)C[C@H](N)C([C@H]3OC(CNCC4CC(N)C4)=CC[C@H]3N=C(N)N)[C@@H]2O)OC[C@]1(C)O. The molecule has 2 aliphatic heterocycles. The molecule has 4 rings (SSSR count). The molecule has 1 unspecified atom stereocenters. The van der Waals surface area contributed by atoms with E-state index in [9.17, 15) is 15.3 Å². The van der Waals surface area contributed by atoms with Crippen LogP contribution >= 0.6 is 0 Å². The van der Waals surface area contributed by atoms with Gasteiger partial charge in [-0.25, -0.2) is 4.99 Å². The molecule has 2 aliphatic carbocycles. The number of likely N-dealkylation sites (N-methyl/N-ethyl adjacent to an activating group) is 1. The van der Waals surface area contributed by atoms with Crippen LogP contribution in [0.25, 0.3) is 0 Å². The molecule has 0 aromatic heterocycles. The van der Waals surface area contributed by atoms with Crippen LogP contribution in [-0.2, 0) is 14.2 Å². The van der Waals surface area contributed by atoms with E-state index in [4.69, 9.17) is 42.9 Å². The molecular weight excluding hydrogens is 508 g/mol. The van der Waals surface area contributed by atoms with E-state index in [2.05, 4.69) is 15.6 Å². The Labute approximate surface area is 229 Å². The van der Waals surface area contributed by atoms with Crippen LogP contribution in [-0.4, -0.2) is 115 Å². The average Bonchev–Trinajstić information content (AvgIpc) is 2.83. The van der Waals surface area contributed by atoms with Gasteiger partial charge in [-0.05, 0) is 58.2 Å². The van der Waals surface area contributed by atoms with Gasteiger partial charge in [-0.3, -0.25) is 0 Å². The zero-order chi connectivity index (χ0) is 28.5. The third kappa shape index (κ3) is 6.84. The first-order chi connectivity index (χ1) is 18.4. The number of aliphatic hydroxyl groups excluding tert-OH is 2. The van der Waals surface area contributed by atoms with Crippen molar-refractivity contribution in [2.75, 3.05) is 26.7 Å². The Morgan fingerprint density at radius 2 is 1.87 bits per heavy atom. The molecule has 14 nitrogen and oxygen atoms in total. The normalized spacial score (nSPS) is 46.5. The third-order valence-corrected chi connectivity index (χ3v) is 8.58. The minimum Gasteiger partial charge on any atom is -0.491 e. The van der Waals surface area contributed by atoms with Crippen LogP contribution in [0.1, 0.15) is 32.6 Å². The second-order valence-corrected chi connectivity index (χ2v) is 11.9. The monoisotopic (exact) mass is 556 g/mol. The lowest BCUT2D eigenvalue weighted by Crippen LogP contribution is -2.68. The highest BCUT2D eigenvalue weighted by Gasteiger charge is 2.52. The first kappa shape index (κ1) is 30.4. The largest absolute Gasteiger partial charge is 0.491 e. The molecule has 0 bridgehead atoms. The molecular formula is C25H48N8O6. The fourth-order valence-electron chi connectivity index (χ4n) is 6.48. The average molecular weight is 557 g/mol. The van der Waals surface area contributed by atoms with Crippen molar-refractivity contribution >= 4 is 5.96 Å². The van der Waals surface area contributed by atoms with Crippen molar-refractivity contribution in [3.05, 3.63) is 11.8 Å². The Morgan fingerprint density at radius 1 is 1.15 bits per heavy atom. The van der Waals surface area contributed by atoms with Crippen LogP contribution in [0.4, 0.5) is 0 Å². The Hall–Kier alpha value is -1.59. The van der Waals surface area contributed by atoms with E-state index in [-0.39, 0.29) is 12.6 Å². The summed E-state index contributed by atoms with van der Waals surface area (Å²) in [5.41, 5.74) is 29.0. The lowest BCUT2D eigenvalue weighted by molar-refractivity contribution is -0.296. The van der Waals surface area contributed by atoms with E-state index in [0.29, 0.717) is 31.3 Å². The van der Waals surface area contributed by atoms with Gasteiger partial charge < -0.3 is 68.8 Å². The van der Waals surface area contributed by atoms with Gasteiger partial charge in [0.25, 0.3) is 0 Å². The van der Waals surface area contributed by atoms with E-state index >= 15 is 0 Å². The predicted molar refractivity (Wildman–Crippen MR) is 145 cm³/mol. The number of guanidine groups is 1. The third-order valence-electron chi connectivity index (χ3n) is 8.58. The van der Waals surface area contributed by atoms with Crippen molar-refractivity contribution in [2.45, 2.75) is 99.1 Å². The van der Waals surface area contributed by atoms with Gasteiger partial charge in [0.15, 0.2) is 12.2 Å². The Morgan fingerprint density at radius 3 is 2.51 bits per heavy atom. The maximum Gasteiger partial charge on any atom is 0.186 e. The lowest BCUT2D eigenvalue weighted by Gasteiger charge is -2.49. The molecule has 15 N–H and O–H groups in total. The first-order valence-electron chi connectivity index (χ1n) is 13.9. The Balaban J connectivity index is 1.47. The molecule has 0 aromatic carbocycles. The van der Waals surface area contributed by atoms with Crippen molar-refractivity contribution < 1.29 is 29.5 Å². The van der Waals surface area contributed by atoms with Gasteiger partial charge >= 0.3 is 0 Å². The Bertz CT molecular complexity index is 883. The molecule has 3 fully saturated rings. The minimum atomic E-state index is -1.31. The molecule has 4 aliphatic rings. The van der Waals surface area contributed by atoms with E-state index < -0.39 is 66.4 Å². The number of hydrogen-bond acceptors (Lipinski definition) is 12. The molecule has 2 saturated carbocycles. The standard InChI is InChI=1S/C25H48N8O6/c1-25(36)10-37-23(19(35)22(25)31-2)39-20-15(28)7-14(27)17(18(20)34)21-16(33-24(29)30)4-3-13(38-21)9-32-8-11-5-12(26)6-11/h3,11-12,14-23,31-32,34-36H,4-10,26-28H2,1-2H3,(H4,29,30,33)/t11?,12?,14-,15+,16+,17?,18-,19+,20-,21-,22+,23+,25-/m0/s1. The molecule has 0 spiro atoms. The number of ether oxygens (including phenoxy) is 3. The highest BCUT2D eigenvalue weighted by molar-refractivity contribution is 5.76. The molecule has 0 amide bonds. The summed E-state index contributed by atoms with van der Waals surface area (Å²) in [6, 6.07) is -2.05. The summed E-state index contributed by atoms with van der Waals surface area (Å²) in [7, 11) is 1.63. The molecule has 39 heavy (non-hydrogen) atoms. The molecule has 0 aromatic rings. The van der Waals surface area contributed by atoms with Gasteiger partial charge in [-0.2, -0.15) is 0 Å². The van der Waals surface area contributed by atoms with Gasteiger partial charge in [-0.15, -0.1) is 0 Å². The van der Waals surface area contributed by atoms with Crippen molar-refractivity contribution in [3.8, 4) is 0 Å². The topological polar surface area (TPSA) is 255 Å². The van der Waals surface area contributed by atoms with Crippen molar-refractivity contribution in [3.63, 3.8) is 0 Å². The van der Waals surface area contributed by atoms with Gasteiger partial charge in [0.1, 0.15) is 29.7 Å². The van der Waals surface area contributed by atoms with Crippen molar-refractivity contribution in [1.29, 1.82) is 0 Å². The maximum atomic E-state index is 11.6. The fourth-order valence-corrected chi connectivity index (χ4v) is 6.48. The zero-order valence-electron chi connectivity index (χ0n) is 22.9. The number of nitrogens with one attached hydrogen (secondary N) is 2. The molecule has 1 saturated heterocycles. The maximum absolute atomic E-state index is 11.6. The first-order valence-corrected chi connectivity index (χ1v) is 13.9. The summed E-state index contributed by atoms with van der Waals surface area (Å²) in [5.74, 6) is 0.575. The van der Waals surface area contributed by atoms with Crippen LogP contribution in [0.5, 0.6) is 0 Å². The number of rotatable bonds is 9. The quantitative estimate of drug-likeness (QED) is 0.0963. The number of hydrogen-bond donors (Lipinski definition) is 10. The van der Waals surface area contributed by atoms with Crippen LogP contribution in [0.3, 0.4) is 0 Å². The fraction of sp³-hybridized carbons (Fsp3) is 0.880. The van der Waals surface area contributed by atoms with Crippen LogP contribution in [0.15, 0.2) is 16.8 Å². The van der Waals surface area contributed by atoms with Crippen molar-refractivity contribution in [2.24, 2.45) is 45.5 Å². The van der Waals surface area contributed by atoms with Gasteiger partial charge in [0.2, 0.25) is 0 Å². The molecule has 0 radical (unpaired) electrons. The van der Waals surface area contributed by atoms with E-state index in [1.54, 1.807) is 14.0 Å². The summed E-state index contributed by atoms with van der Waals surface area (Å²) >= 11 is 0. The number of aliphatic hydroxyl groups is 3. The van der Waals surface area contributed by atoms with Gasteiger partial charge in [-0.1, -0.05) is 0 Å². The summed E-state index contributed by atoms with van der Waals surface area (Å²) in [4.78, 5) is 4.37. The summed E-state index contributed by atoms with van der Waals surface area (Å²) in [6.07, 6.45) is -0.254. The van der Waals surface area contributed by atoms with Crippen LogP contribution in [0.2, 0.25) is 0 Å². The zero-order valence-corrected chi connectivity index (χ0v) is 22.9. The molecule has 14 heteroatoms. The van der Waals surface area contributed by atoms with Crippen LogP contribution < -0.4 is 39.3 Å². The minimum absolute atomic E-state index is 0.0759. The number of aliphatic imine (C=N–C) groups is 1. The molecule has 224 valence electrons.